The monoisotopic (exact) mass is 233 g/mol. The summed E-state index contributed by atoms with van der Waals surface area (Å²) >= 11 is 0. The second-order valence-electron chi connectivity index (χ2n) is 3.29. The average molecular weight is 233 g/mol. The van der Waals surface area contributed by atoms with E-state index in [1.165, 1.54) is 0 Å². The molecule has 0 bridgehead atoms. The topological polar surface area (TPSA) is 87.4 Å². The molecule has 1 aromatic rings. The van der Waals surface area contributed by atoms with E-state index in [0.717, 1.165) is 0 Å². The number of aliphatic carboxylic acids is 1. The van der Waals surface area contributed by atoms with E-state index in [1.54, 1.807) is 24.3 Å². The van der Waals surface area contributed by atoms with E-state index in [9.17, 15) is 9.59 Å². The number of nitrogens with zero attached hydrogens (tertiary/aromatic N) is 1. The Bertz CT molecular complexity index is 445. The highest BCUT2D eigenvalue weighted by atomic mass is 16.5. The lowest BCUT2D eigenvalue weighted by Gasteiger charge is -2.03. The van der Waals surface area contributed by atoms with E-state index in [1.807, 2.05) is 6.07 Å². The van der Waals surface area contributed by atoms with Gasteiger partial charge >= 0.3 is 5.97 Å². The summed E-state index contributed by atoms with van der Waals surface area (Å²) in [5.74, 6) is -0.715. The van der Waals surface area contributed by atoms with Crippen LogP contribution in [0.15, 0.2) is 24.3 Å². The smallest absolute Gasteiger partial charge is 0.303 e. The van der Waals surface area contributed by atoms with Crippen LogP contribution in [0.25, 0.3) is 0 Å². The molecule has 0 aliphatic rings. The van der Waals surface area contributed by atoms with Gasteiger partial charge in [0.1, 0.15) is 11.8 Å². The maximum absolute atomic E-state index is 11.5. The van der Waals surface area contributed by atoms with E-state index in [-0.39, 0.29) is 25.2 Å². The van der Waals surface area contributed by atoms with Crippen molar-refractivity contribution < 1.29 is 19.4 Å². The summed E-state index contributed by atoms with van der Waals surface area (Å²) in [4.78, 5) is 21.8. The molecule has 1 rings (SSSR count). The van der Waals surface area contributed by atoms with Crippen LogP contribution in [0.4, 0.5) is 0 Å². The lowest BCUT2D eigenvalue weighted by Crippen LogP contribution is -2.03. The fraction of sp³-hybridized carbons (Fsp3) is 0.250. The van der Waals surface area contributed by atoms with Gasteiger partial charge in [0.2, 0.25) is 0 Å². The van der Waals surface area contributed by atoms with Crippen LogP contribution in [-0.2, 0) is 4.79 Å². The first-order valence-electron chi connectivity index (χ1n) is 4.98. The summed E-state index contributed by atoms with van der Waals surface area (Å²) in [7, 11) is 0. The fourth-order valence-electron chi connectivity index (χ4n) is 1.22. The van der Waals surface area contributed by atoms with Gasteiger partial charge in [-0.15, -0.1) is 0 Å². The number of rotatable bonds is 6. The quantitative estimate of drug-likeness (QED) is 0.754. The standard InChI is InChI=1S/C12H11NO4/c13-7-8-17-10-3-1-9(2-4-10)11(14)5-6-12(15)16/h1-4H,5-6,8H2,(H,15,16). The highest BCUT2D eigenvalue weighted by Gasteiger charge is 2.08. The number of carboxylic acids is 1. The first-order valence-corrected chi connectivity index (χ1v) is 4.98. The largest absolute Gasteiger partial charge is 0.481 e. The molecule has 0 spiro atoms. The van der Waals surface area contributed by atoms with Gasteiger partial charge in [-0.1, -0.05) is 0 Å². The average Bonchev–Trinajstić information content (AvgIpc) is 2.34. The van der Waals surface area contributed by atoms with Gasteiger partial charge in [0.25, 0.3) is 0 Å². The highest BCUT2D eigenvalue weighted by Crippen LogP contribution is 2.13. The van der Waals surface area contributed by atoms with Crippen molar-refractivity contribution in [1.82, 2.24) is 0 Å². The van der Waals surface area contributed by atoms with Gasteiger partial charge in [-0.2, -0.15) is 5.26 Å². The predicted molar refractivity (Wildman–Crippen MR) is 58.8 cm³/mol. The van der Waals surface area contributed by atoms with E-state index in [2.05, 4.69) is 0 Å². The Hall–Kier alpha value is -2.35. The molecular weight excluding hydrogens is 222 g/mol. The third-order valence-corrected chi connectivity index (χ3v) is 2.05. The third-order valence-electron chi connectivity index (χ3n) is 2.05. The molecule has 0 aliphatic carbocycles. The molecule has 0 saturated heterocycles. The number of carbonyl (C=O) groups excluding carboxylic acids is 1. The second-order valence-corrected chi connectivity index (χ2v) is 3.29. The molecule has 0 fully saturated rings. The number of hydrogen-bond donors (Lipinski definition) is 1. The van der Waals surface area contributed by atoms with Crippen molar-refractivity contribution >= 4 is 11.8 Å². The molecule has 0 atom stereocenters. The highest BCUT2D eigenvalue weighted by molar-refractivity contribution is 5.97. The molecule has 88 valence electrons. The first kappa shape index (κ1) is 12.7. The van der Waals surface area contributed by atoms with Crippen LogP contribution in [0.1, 0.15) is 23.2 Å². The molecule has 5 heteroatoms. The molecular formula is C12H11NO4. The minimum Gasteiger partial charge on any atom is -0.481 e. The number of carbonyl (C=O) groups is 2. The third kappa shape index (κ3) is 4.34. The molecule has 0 aromatic heterocycles. The van der Waals surface area contributed by atoms with Crippen molar-refractivity contribution in [2.75, 3.05) is 6.61 Å². The fourth-order valence-corrected chi connectivity index (χ4v) is 1.22. The predicted octanol–water partition coefficient (Wildman–Crippen LogP) is 1.64. The van der Waals surface area contributed by atoms with Crippen LogP contribution >= 0.6 is 0 Å². The van der Waals surface area contributed by atoms with Crippen LogP contribution in [0.5, 0.6) is 5.75 Å². The summed E-state index contributed by atoms with van der Waals surface area (Å²) < 4.78 is 5.02. The second kappa shape index (κ2) is 6.28. The van der Waals surface area contributed by atoms with Crippen LogP contribution in [0.2, 0.25) is 0 Å². The molecule has 0 aliphatic heterocycles. The van der Waals surface area contributed by atoms with Crippen molar-refractivity contribution in [1.29, 1.82) is 5.26 Å². The lowest BCUT2D eigenvalue weighted by molar-refractivity contribution is -0.136. The zero-order valence-corrected chi connectivity index (χ0v) is 9.05. The Kier molecular flexibility index (Phi) is 4.70. The van der Waals surface area contributed by atoms with E-state index >= 15 is 0 Å². The van der Waals surface area contributed by atoms with Gasteiger partial charge in [0.15, 0.2) is 12.4 Å². The Morgan fingerprint density at radius 2 is 1.88 bits per heavy atom. The number of carboxylic acid groups (broad SMARTS) is 1. The SMILES string of the molecule is N#CCOc1ccc(C(=O)CCC(=O)O)cc1. The van der Waals surface area contributed by atoms with Gasteiger partial charge in [0, 0.05) is 12.0 Å². The Morgan fingerprint density at radius 1 is 1.24 bits per heavy atom. The first-order chi connectivity index (χ1) is 8.13. The number of benzene rings is 1. The molecule has 1 N–H and O–H groups in total. The van der Waals surface area contributed by atoms with E-state index in [0.29, 0.717) is 11.3 Å². The molecule has 17 heavy (non-hydrogen) atoms. The van der Waals surface area contributed by atoms with Gasteiger partial charge in [0.05, 0.1) is 6.42 Å². The zero-order chi connectivity index (χ0) is 12.7. The summed E-state index contributed by atoms with van der Waals surface area (Å²) in [6.07, 6.45) is -0.195. The normalized spacial score (nSPS) is 9.35. The number of hydrogen-bond acceptors (Lipinski definition) is 4. The number of Topliss-reactive ketones (excluding diaryl/α,β-unsaturated/α-hetero) is 1. The summed E-state index contributed by atoms with van der Waals surface area (Å²) in [5.41, 5.74) is 0.440. The van der Waals surface area contributed by atoms with Crippen molar-refractivity contribution in [2.24, 2.45) is 0 Å². The van der Waals surface area contributed by atoms with Crippen LogP contribution in [0.3, 0.4) is 0 Å². The number of nitriles is 1. The lowest BCUT2D eigenvalue weighted by atomic mass is 10.1. The molecule has 0 amide bonds. The maximum Gasteiger partial charge on any atom is 0.303 e. The van der Waals surface area contributed by atoms with Gasteiger partial charge in [-0.3, -0.25) is 9.59 Å². The van der Waals surface area contributed by atoms with Gasteiger partial charge in [-0.05, 0) is 24.3 Å². The Morgan fingerprint density at radius 3 is 2.41 bits per heavy atom. The van der Waals surface area contributed by atoms with Crippen LogP contribution in [0, 0.1) is 11.3 Å². The summed E-state index contributed by atoms with van der Waals surface area (Å²) in [6.45, 7) is -0.0493. The zero-order valence-electron chi connectivity index (χ0n) is 9.05. The molecule has 1 aromatic carbocycles. The molecule has 5 nitrogen and oxygen atoms in total. The van der Waals surface area contributed by atoms with E-state index < -0.39 is 5.97 Å². The molecule has 0 radical (unpaired) electrons. The van der Waals surface area contributed by atoms with Crippen LogP contribution in [-0.4, -0.2) is 23.5 Å². The van der Waals surface area contributed by atoms with Crippen molar-refractivity contribution in [3.05, 3.63) is 29.8 Å². The summed E-state index contributed by atoms with van der Waals surface area (Å²) in [5, 5.41) is 16.8. The van der Waals surface area contributed by atoms with Crippen molar-refractivity contribution in [2.45, 2.75) is 12.8 Å². The molecule has 0 heterocycles. The van der Waals surface area contributed by atoms with Gasteiger partial charge in [-0.25, -0.2) is 0 Å². The van der Waals surface area contributed by atoms with E-state index in [4.69, 9.17) is 15.1 Å². The minimum atomic E-state index is -0.993. The maximum atomic E-state index is 11.5. The molecule has 0 unspecified atom stereocenters. The van der Waals surface area contributed by atoms with Crippen molar-refractivity contribution in [3.8, 4) is 11.8 Å². The van der Waals surface area contributed by atoms with Crippen molar-refractivity contribution in [3.63, 3.8) is 0 Å². The summed E-state index contributed by atoms with van der Waals surface area (Å²) in [6, 6.07) is 8.09. The van der Waals surface area contributed by atoms with Crippen LogP contribution < -0.4 is 4.74 Å². The number of ketones is 1. The molecule has 0 saturated carbocycles. The van der Waals surface area contributed by atoms with Gasteiger partial charge < -0.3 is 9.84 Å². The Labute approximate surface area is 98.2 Å². The Balaban J connectivity index is 2.58. The number of ether oxygens (including phenoxy) is 1. The minimum absolute atomic E-state index is 0.0201.